The van der Waals surface area contributed by atoms with E-state index in [0.717, 1.165) is 28.8 Å². The standard InChI is InChI=1S/C21H19NO3/c1-12(23)15-9-10-19-18(11-15)16-3-2-4-17(16)20(22-19)13-5-7-14(8-6-13)21(24)25/h2-3,5-11,16-17,20,22H,4H2,1H3,(H,24,25)/p-1. The second kappa shape index (κ2) is 5.88. The summed E-state index contributed by atoms with van der Waals surface area (Å²) in [5, 5.41) is 14.5. The number of aromatic carboxylic acids is 1. The summed E-state index contributed by atoms with van der Waals surface area (Å²) in [4.78, 5) is 22.7. The molecule has 0 radical (unpaired) electrons. The topological polar surface area (TPSA) is 69.2 Å². The third-order valence-corrected chi connectivity index (χ3v) is 5.27. The molecule has 0 amide bonds. The highest BCUT2D eigenvalue weighted by Crippen LogP contribution is 2.49. The normalized spacial score (nSPS) is 23.5. The molecule has 4 nitrogen and oxygen atoms in total. The molecule has 0 fully saturated rings. The van der Waals surface area contributed by atoms with Gasteiger partial charge in [0.05, 0.1) is 12.0 Å². The van der Waals surface area contributed by atoms with E-state index in [1.807, 2.05) is 30.3 Å². The number of carboxylic acid groups (broad SMARTS) is 1. The second-order valence-electron chi connectivity index (χ2n) is 6.74. The molecule has 0 saturated carbocycles. The highest BCUT2D eigenvalue weighted by molar-refractivity contribution is 5.95. The van der Waals surface area contributed by atoms with E-state index in [4.69, 9.17) is 0 Å². The molecule has 0 bridgehead atoms. The first-order chi connectivity index (χ1) is 12.0. The molecule has 25 heavy (non-hydrogen) atoms. The fraction of sp³-hybridized carbons (Fsp3) is 0.238. The Balaban J connectivity index is 1.72. The largest absolute Gasteiger partial charge is 0.545 e. The first-order valence-corrected chi connectivity index (χ1v) is 8.44. The van der Waals surface area contributed by atoms with Gasteiger partial charge < -0.3 is 15.2 Å². The highest BCUT2D eigenvalue weighted by Gasteiger charge is 2.37. The molecule has 4 rings (SSSR count). The molecule has 1 N–H and O–H groups in total. The van der Waals surface area contributed by atoms with Gasteiger partial charge >= 0.3 is 0 Å². The molecule has 2 aliphatic rings. The number of carbonyl (C=O) groups is 2. The maximum absolute atomic E-state index is 11.7. The number of allylic oxidation sites excluding steroid dienone is 2. The summed E-state index contributed by atoms with van der Waals surface area (Å²) in [6.45, 7) is 1.58. The van der Waals surface area contributed by atoms with Crippen molar-refractivity contribution in [2.45, 2.75) is 25.3 Å². The van der Waals surface area contributed by atoms with E-state index in [0.29, 0.717) is 5.92 Å². The minimum atomic E-state index is -1.16. The zero-order valence-corrected chi connectivity index (χ0v) is 13.9. The Hall–Kier alpha value is -2.88. The van der Waals surface area contributed by atoms with Crippen LogP contribution in [0.4, 0.5) is 5.69 Å². The number of benzene rings is 2. The number of carboxylic acids is 1. The van der Waals surface area contributed by atoms with Crippen molar-refractivity contribution in [3.63, 3.8) is 0 Å². The first kappa shape index (κ1) is 15.6. The monoisotopic (exact) mass is 332 g/mol. The minimum absolute atomic E-state index is 0.0707. The van der Waals surface area contributed by atoms with Crippen molar-refractivity contribution in [2.75, 3.05) is 5.32 Å². The van der Waals surface area contributed by atoms with Crippen LogP contribution in [0.3, 0.4) is 0 Å². The smallest absolute Gasteiger partial charge is 0.159 e. The van der Waals surface area contributed by atoms with Crippen LogP contribution < -0.4 is 10.4 Å². The number of ketones is 1. The number of Topliss-reactive ketones (excluding diaryl/α,β-unsaturated/α-hetero) is 1. The number of fused-ring (bicyclic) bond motifs is 3. The highest BCUT2D eigenvalue weighted by atomic mass is 16.4. The zero-order chi connectivity index (χ0) is 17.6. The molecular formula is C21H18NO3-. The number of anilines is 1. The van der Waals surface area contributed by atoms with Crippen molar-refractivity contribution in [1.82, 2.24) is 0 Å². The van der Waals surface area contributed by atoms with Crippen molar-refractivity contribution in [1.29, 1.82) is 0 Å². The summed E-state index contributed by atoms with van der Waals surface area (Å²) in [5.74, 6) is -0.475. The molecule has 2 aromatic carbocycles. The Labute approximate surface area is 146 Å². The van der Waals surface area contributed by atoms with E-state index in [1.54, 1.807) is 19.1 Å². The third kappa shape index (κ3) is 2.64. The zero-order valence-electron chi connectivity index (χ0n) is 13.9. The lowest BCUT2D eigenvalue weighted by Gasteiger charge is -2.37. The van der Waals surface area contributed by atoms with E-state index in [9.17, 15) is 14.7 Å². The van der Waals surface area contributed by atoms with Crippen LogP contribution in [0.25, 0.3) is 0 Å². The molecule has 3 atom stereocenters. The Morgan fingerprint density at radius 1 is 1.08 bits per heavy atom. The summed E-state index contributed by atoms with van der Waals surface area (Å²) >= 11 is 0. The van der Waals surface area contributed by atoms with Gasteiger partial charge in [0.25, 0.3) is 0 Å². The SMILES string of the molecule is CC(=O)c1ccc2c(c1)C1C=CCC1C(c1ccc(C(=O)[O-])cc1)N2. The van der Waals surface area contributed by atoms with Crippen molar-refractivity contribution in [3.05, 3.63) is 76.9 Å². The molecule has 0 saturated heterocycles. The average molecular weight is 332 g/mol. The van der Waals surface area contributed by atoms with E-state index < -0.39 is 5.97 Å². The first-order valence-electron chi connectivity index (χ1n) is 8.44. The van der Waals surface area contributed by atoms with Gasteiger partial charge in [-0.3, -0.25) is 4.79 Å². The van der Waals surface area contributed by atoms with Crippen molar-refractivity contribution < 1.29 is 14.7 Å². The van der Waals surface area contributed by atoms with Crippen molar-refractivity contribution in [2.24, 2.45) is 5.92 Å². The molecule has 3 unspecified atom stereocenters. The van der Waals surface area contributed by atoms with Crippen LogP contribution in [0.15, 0.2) is 54.6 Å². The van der Waals surface area contributed by atoms with Crippen LogP contribution >= 0.6 is 0 Å². The molecule has 1 aliphatic carbocycles. The van der Waals surface area contributed by atoms with E-state index in [2.05, 4.69) is 17.5 Å². The Bertz CT molecular complexity index is 883. The lowest BCUT2D eigenvalue weighted by atomic mass is 9.76. The lowest BCUT2D eigenvalue weighted by Crippen LogP contribution is -2.29. The van der Waals surface area contributed by atoms with Gasteiger partial charge in [0, 0.05) is 17.2 Å². The lowest BCUT2D eigenvalue weighted by molar-refractivity contribution is -0.255. The maximum atomic E-state index is 11.7. The average Bonchev–Trinajstić information content (AvgIpc) is 3.10. The van der Waals surface area contributed by atoms with Crippen LogP contribution in [0.1, 0.15) is 57.1 Å². The number of rotatable bonds is 3. The summed E-state index contributed by atoms with van der Waals surface area (Å²) in [7, 11) is 0. The number of hydrogen-bond acceptors (Lipinski definition) is 4. The molecule has 1 heterocycles. The Morgan fingerprint density at radius 3 is 2.48 bits per heavy atom. The fourth-order valence-corrected chi connectivity index (χ4v) is 3.97. The third-order valence-electron chi connectivity index (χ3n) is 5.27. The minimum Gasteiger partial charge on any atom is -0.545 e. The van der Waals surface area contributed by atoms with Gasteiger partial charge in [-0.05, 0) is 54.2 Å². The van der Waals surface area contributed by atoms with Gasteiger partial charge in [-0.1, -0.05) is 36.4 Å². The Kier molecular flexibility index (Phi) is 3.68. The summed E-state index contributed by atoms with van der Waals surface area (Å²) in [5.41, 5.74) is 4.18. The predicted octanol–water partition coefficient (Wildman–Crippen LogP) is 3.08. The Morgan fingerprint density at radius 2 is 1.80 bits per heavy atom. The molecule has 1 aliphatic heterocycles. The molecule has 126 valence electrons. The summed E-state index contributed by atoms with van der Waals surface area (Å²) < 4.78 is 0. The van der Waals surface area contributed by atoms with Crippen LogP contribution in [0.5, 0.6) is 0 Å². The van der Waals surface area contributed by atoms with Crippen LogP contribution in [0, 0.1) is 5.92 Å². The van der Waals surface area contributed by atoms with Crippen LogP contribution in [-0.4, -0.2) is 11.8 Å². The van der Waals surface area contributed by atoms with Crippen LogP contribution in [-0.2, 0) is 0 Å². The van der Waals surface area contributed by atoms with Crippen LogP contribution in [0.2, 0.25) is 0 Å². The van der Waals surface area contributed by atoms with E-state index in [1.165, 1.54) is 0 Å². The van der Waals surface area contributed by atoms with E-state index >= 15 is 0 Å². The molecule has 4 heteroatoms. The van der Waals surface area contributed by atoms with Gasteiger partial charge in [-0.25, -0.2) is 0 Å². The van der Waals surface area contributed by atoms with Crippen molar-refractivity contribution >= 4 is 17.4 Å². The molecule has 0 spiro atoms. The quantitative estimate of drug-likeness (QED) is 0.693. The maximum Gasteiger partial charge on any atom is 0.159 e. The summed E-state index contributed by atoms with van der Waals surface area (Å²) in [6, 6.07) is 12.8. The fourth-order valence-electron chi connectivity index (χ4n) is 3.97. The van der Waals surface area contributed by atoms with Gasteiger partial charge in [0.1, 0.15) is 0 Å². The van der Waals surface area contributed by atoms with Gasteiger partial charge in [0.2, 0.25) is 0 Å². The number of carbonyl (C=O) groups excluding carboxylic acids is 2. The number of hydrogen-bond donors (Lipinski definition) is 1. The second-order valence-corrected chi connectivity index (χ2v) is 6.74. The van der Waals surface area contributed by atoms with Crippen molar-refractivity contribution in [3.8, 4) is 0 Å². The predicted molar refractivity (Wildman–Crippen MR) is 93.6 cm³/mol. The molecule has 0 aromatic heterocycles. The summed E-state index contributed by atoms with van der Waals surface area (Å²) in [6.07, 6.45) is 5.36. The van der Waals surface area contributed by atoms with E-state index in [-0.39, 0.29) is 23.3 Å². The molecular weight excluding hydrogens is 314 g/mol. The molecule has 2 aromatic rings. The van der Waals surface area contributed by atoms with Gasteiger partial charge in [0.15, 0.2) is 5.78 Å². The number of nitrogens with one attached hydrogen (secondary N) is 1. The van der Waals surface area contributed by atoms with Gasteiger partial charge in [-0.15, -0.1) is 0 Å². The van der Waals surface area contributed by atoms with Gasteiger partial charge in [-0.2, -0.15) is 0 Å².